The maximum Gasteiger partial charge on any atom is 0.0406 e. The average Bonchev–Trinajstić information content (AvgIpc) is 2.47. The molecule has 1 aromatic carbocycles. The lowest BCUT2D eigenvalue weighted by Crippen LogP contribution is -1.86. The van der Waals surface area contributed by atoms with Crippen LogP contribution in [0.1, 0.15) is 76.2 Å². The first-order valence-corrected chi connectivity index (χ1v) is 8.74. The normalized spacial score (nSPS) is 10.9. The van der Waals surface area contributed by atoms with Crippen molar-refractivity contribution in [2.45, 2.75) is 77.0 Å². The molecule has 0 heterocycles. The summed E-state index contributed by atoms with van der Waals surface area (Å²) >= 11 is 5.88. The summed E-state index contributed by atoms with van der Waals surface area (Å²) in [4.78, 5) is 0. The molecule has 20 heavy (non-hydrogen) atoms. The monoisotopic (exact) mass is 293 g/mol. The average molecular weight is 294 g/mol. The molecule has 113 valence electrons. The molecule has 0 nitrogen and oxygen atoms in total. The van der Waals surface area contributed by atoms with Crippen molar-refractivity contribution in [2.75, 3.05) is 0 Å². The quantitative estimate of drug-likeness (QED) is 0.364. The van der Waals surface area contributed by atoms with E-state index in [1.807, 2.05) is 12.1 Å². The van der Waals surface area contributed by atoms with Gasteiger partial charge in [-0.2, -0.15) is 0 Å². The second-order valence-corrected chi connectivity index (χ2v) is 6.20. The third-order valence-electron chi connectivity index (χ3n) is 3.88. The van der Waals surface area contributed by atoms with E-state index >= 15 is 0 Å². The fraction of sp³-hybridized carbons (Fsp3) is 0.632. The van der Waals surface area contributed by atoms with Gasteiger partial charge in [0.05, 0.1) is 0 Å². The first-order chi connectivity index (χ1) is 9.83. The van der Waals surface area contributed by atoms with Crippen molar-refractivity contribution in [1.29, 1.82) is 0 Å². The number of aryl methyl sites for hydroxylation is 1. The molecular formula is C19H30Cl. The fourth-order valence-corrected chi connectivity index (χ4v) is 2.70. The Bertz CT molecular complexity index is 315. The molecule has 0 amide bonds. The van der Waals surface area contributed by atoms with Gasteiger partial charge in [-0.3, -0.25) is 0 Å². The van der Waals surface area contributed by atoms with Crippen LogP contribution in [0, 0.1) is 6.92 Å². The second-order valence-electron chi connectivity index (χ2n) is 5.77. The highest BCUT2D eigenvalue weighted by Crippen LogP contribution is 2.14. The Labute approximate surface area is 130 Å². The smallest absolute Gasteiger partial charge is 0.0406 e. The van der Waals surface area contributed by atoms with E-state index in [2.05, 4.69) is 19.1 Å². The van der Waals surface area contributed by atoms with Gasteiger partial charge in [-0.15, -0.1) is 0 Å². The van der Waals surface area contributed by atoms with E-state index < -0.39 is 0 Å². The second kappa shape index (κ2) is 12.3. The molecule has 1 heteroatoms. The number of unbranched alkanes of at least 4 members (excludes halogenated alkanes) is 10. The topological polar surface area (TPSA) is 0 Å². The highest BCUT2D eigenvalue weighted by atomic mass is 35.5. The molecule has 0 unspecified atom stereocenters. The minimum absolute atomic E-state index is 0.837. The Morgan fingerprint density at radius 2 is 1.10 bits per heavy atom. The fourth-order valence-electron chi connectivity index (χ4n) is 2.57. The first kappa shape index (κ1) is 17.6. The van der Waals surface area contributed by atoms with E-state index in [1.54, 1.807) is 0 Å². The largest absolute Gasteiger partial charge is 0.0843 e. The van der Waals surface area contributed by atoms with Crippen LogP contribution < -0.4 is 0 Å². The van der Waals surface area contributed by atoms with Crippen LogP contribution in [0.15, 0.2) is 24.3 Å². The van der Waals surface area contributed by atoms with Crippen LogP contribution in [0.5, 0.6) is 0 Å². The van der Waals surface area contributed by atoms with Crippen molar-refractivity contribution in [3.8, 4) is 0 Å². The molecule has 0 bridgehead atoms. The van der Waals surface area contributed by atoms with Crippen LogP contribution in [0.2, 0.25) is 5.02 Å². The molecule has 0 spiro atoms. The van der Waals surface area contributed by atoms with Crippen LogP contribution in [-0.2, 0) is 6.42 Å². The van der Waals surface area contributed by atoms with Crippen molar-refractivity contribution in [3.63, 3.8) is 0 Å². The van der Waals surface area contributed by atoms with Crippen molar-refractivity contribution in [3.05, 3.63) is 41.8 Å². The van der Waals surface area contributed by atoms with Crippen molar-refractivity contribution in [1.82, 2.24) is 0 Å². The summed E-state index contributed by atoms with van der Waals surface area (Å²) in [6.45, 7) is 3.88. The molecule has 0 saturated heterocycles. The predicted octanol–water partition coefficient (Wildman–Crippen LogP) is 7.01. The summed E-state index contributed by atoms with van der Waals surface area (Å²) in [5.41, 5.74) is 1.42. The van der Waals surface area contributed by atoms with Gasteiger partial charge in [-0.1, -0.05) is 94.9 Å². The molecule has 0 saturated carbocycles. The van der Waals surface area contributed by atoms with E-state index in [0.29, 0.717) is 0 Å². The van der Waals surface area contributed by atoms with Crippen LogP contribution in [0.4, 0.5) is 0 Å². The molecule has 0 fully saturated rings. The van der Waals surface area contributed by atoms with Gasteiger partial charge in [0.25, 0.3) is 0 Å². The van der Waals surface area contributed by atoms with Crippen LogP contribution in [-0.4, -0.2) is 0 Å². The summed E-state index contributed by atoms with van der Waals surface area (Å²) in [5.74, 6) is 0. The highest BCUT2D eigenvalue weighted by molar-refractivity contribution is 6.30. The molecule has 1 radical (unpaired) electrons. The summed E-state index contributed by atoms with van der Waals surface area (Å²) in [5, 5.41) is 0.837. The maximum atomic E-state index is 5.88. The van der Waals surface area contributed by atoms with Gasteiger partial charge in [0.1, 0.15) is 0 Å². The van der Waals surface area contributed by atoms with Crippen molar-refractivity contribution in [2.24, 2.45) is 0 Å². The van der Waals surface area contributed by atoms with E-state index in [9.17, 15) is 0 Å². The number of benzene rings is 1. The van der Waals surface area contributed by atoms with E-state index in [1.165, 1.54) is 76.2 Å². The SMILES string of the molecule is [CH2]CCCCCCCCCCCCc1ccc(Cl)cc1. The lowest BCUT2D eigenvalue weighted by atomic mass is 10.0. The molecule has 0 aromatic heterocycles. The lowest BCUT2D eigenvalue weighted by molar-refractivity contribution is 0.552. The minimum atomic E-state index is 0.837. The number of halogens is 1. The van der Waals surface area contributed by atoms with E-state index in [-0.39, 0.29) is 0 Å². The van der Waals surface area contributed by atoms with Gasteiger partial charge >= 0.3 is 0 Å². The van der Waals surface area contributed by atoms with Gasteiger partial charge in [0.15, 0.2) is 0 Å². The maximum absolute atomic E-state index is 5.88. The van der Waals surface area contributed by atoms with Crippen molar-refractivity contribution < 1.29 is 0 Å². The standard InChI is InChI=1S/C19H30Cl/c1-2-3-4-5-6-7-8-9-10-11-12-13-18-14-16-19(20)17-15-18/h14-17H,1-13H2. The Morgan fingerprint density at radius 1 is 0.650 bits per heavy atom. The molecule has 1 aromatic rings. The molecule has 0 aliphatic carbocycles. The number of hydrogen-bond acceptors (Lipinski definition) is 0. The Morgan fingerprint density at radius 3 is 1.60 bits per heavy atom. The molecular weight excluding hydrogens is 264 g/mol. The summed E-state index contributed by atoms with van der Waals surface area (Å²) in [6, 6.07) is 8.28. The third-order valence-corrected chi connectivity index (χ3v) is 4.13. The van der Waals surface area contributed by atoms with E-state index in [4.69, 9.17) is 11.6 Å². The highest BCUT2D eigenvalue weighted by Gasteiger charge is 1.95. The minimum Gasteiger partial charge on any atom is -0.0843 e. The molecule has 0 atom stereocenters. The van der Waals surface area contributed by atoms with Gasteiger partial charge in [-0.25, -0.2) is 0 Å². The zero-order valence-electron chi connectivity index (χ0n) is 12.9. The van der Waals surface area contributed by atoms with Gasteiger partial charge in [0, 0.05) is 5.02 Å². The summed E-state index contributed by atoms with van der Waals surface area (Å²) in [6.07, 6.45) is 16.2. The zero-order chi connectivity index (χ0) is 14.5. The van der Waals surface area contributed by atoms with Gasteiger partial charge < -0.3 is 0 Å². The van der Waals surface area contributed by atoms with Crippen LogP contribution in [0.25, 0.3) is 0 Å². The predicted molar refractivity (Wildman–Crippen MR) is 91.3 cm³/mol. The van der Waals surface area contributed by atoms with Crippen LogP contribution in [0.3, 0.4) is 0 Å². The first-order valence-electron chi connectivity index (χ1n) is 8.36. The van der Waals surface area contributed by atoms with Gasteiger partial charge in [-0.05, 0) is 30.5 Å². The zero-order valence-corrected chi connectivity index (χ0v) is 13.6. The lowest BCUT2D eigenvalue weighted by Gasteiger charge is -2.03. The Hall–Kier alpha value is -0.490. The number of hydrogen-bond donors (Lipinski definition) is 0. The third kappa shape index (κ3) is 9.42. The van der Waals surface area contributed by atoms with Crippen LogP contribution >= 0.6 is 11.6 Å². The molecule has 1 rings (SSSR count). The Kier molecular flexibility index (Phi) is 10.8. The summed E-state index contributed by atoms with van der Waals surface area (Å²) < 4.78 is 0. The molecule has 0 aliphatic rings. The Balaban J connectivity index is 1.84. The van der Waals surface area contributed by atoms with Crippen molar-refractivity contribution >= 4 is 11.6 Å². The number of rotatable bonds is 12. The molecule has 0 N–H and O–H groups in total. The van der Waals surface area contributed by atoms with E-state index in [0.717, 1.165) is 11.4 Å². The van der Waals surface area contributed by atoms with Gasteiger partial charge in [0.2, 0.25) is 0 Å². The summed E-state index contributed by atoms with van der Waals surface area (Å²) in [7, 11) is 0. The molecule has 0 aliphatic heterocycles.